The molecular formula is C42H54ClN5O6S2. The Morgan fingerprint density at radius 1 is 1.02 bits per heavy atom. The monoisotopic (exact) mass is 823 g/mol. The molecule has 4 aliphatic carbocycles. The Morgan fingerprint density at radius 3 is 2.30 bits per heavy atom. The van der Waals surface area contributed by atoms with Crippen molar-refractivity contribution in [1.29, 1.82) is 0 Å². The number of furan rings is 1. The number of halogens is 1. The van der Waals surface area contributed by atoms with E-state index in [9.17, 15) is 19.2 Å². The minimum atomic E-state index is -1.07. The normalized spacial score (nSPS) is 26.3. The number of unbranched alkanes of at least 4 members (excludes halogenated alkanes) is 2. The Bertz CT molecular complexity index is 1820. The number of hydrogen-bond acceptors (Lipinski definition) is 9. The fourth-order valence-corrected chi connectivity index (χ4v) is 11.2. The molecule has 6 fully saturated rings. The second-order valence-electron chi connectivity index (χ2n) is 17.3. The smallest absolute Gasteiger partial charge is 0.408 e. The number of thiocarbonyl (C=S) groups is 1. The molecule has 2 aliphatic heterocycles. The molecule has 14 heteroatoms. The standard InChI is InChI=1S/C42H54ClN5O6S2/c1-42(2,3)54-40(52)45-32(23-36(44)49)38(50)47-15-13-46(14-16-47)12-6-4-5-7-28-22-33(27-8-10-31(43)11-9-27)53-34(28)24-35-39(51)48(41(55)56-35)37-29-18-25-17-26(20-29)21-30(37)19-25/h8-11,22,24-26,29-30,32,37H,4-7,12-21,23H2,1-3H3,(H2,44,49)(H,45,52)/b35-24-/t25?,26?,29?,30?,32-,37?/m0/s1. The van der Waals surface area contributed by atoms with Crippen LogP contribution in [0.4, 0.5) is 4.79 Å². The van der Waals surface area contributed by atoms with Crippen LogP contribution < -0.4 is 11.1 Å². The molecule has 0 radical (unpaired) electrons. The van der Waals surface area contributed by atoms with Crippen LogP contribution in [0.25, 0.3) is 17.4 Å². The highest BCUT2D eigenvalue weighted by Gasteiger charge is 2.53. The Balaban J connectivity index is 0.936. The summed E-state index contributed by atoms with van der Waals surface area (Å²) in [6, 6.07) is 8.85. The van der Waals surface area contributed by atoms with Gasteiger partial charge in [0.1, 0.15) is 27.5 Å². The van der Waals surface area contributed by atoms with Gasteiger partial charge in [-0.15, -0.1) is 0 Å². The van der Waals surface area contributed by atoms with Crippen LogP contribution in [0.3, 0.4) is 0 Å². The van der Waals surface area contributed by atoms with Gasteiger partial charge in [-0.25, -0.2) is 4.79 Å². The van der Waals surface area contributed by atoms with E-state index in [0.717, 1.165) is 61.0 Å². The summed E-state index contributed by atoms with van der Waals surface area (Å²) in [7, 11) is 0. The molecule has 2 aromatic rings. The number of nitrogens with two attached hydrogens (primary N) is 1. The van der Waals surface area contributed by atoms with Gasteiger partial charge in [-0.05, 0) is 138 Å². The number of aryl methyl sites for hydroxylation is 1. The number of primary amides is 1. The summed E-state index contributed by atoms with van der Waals surface area (Å²) >= 11 is 13.5. The van der Waals surface area contributed by atoms with Crippen LogP contribution in [0.1, 0.15) is 89.9 Å². The quantitative estimate of drug-likeness (QED) is 0.122. The number of hydrogen-bond donors (Lipinski definition) is 2. The van der Waals surface area contributed by atoms with Crippen molar-refractivity contribution in [3.05, 3.63) is 51.6 Å². The maximum atomic E-state index is 14.1. The summed E-state index contributed by atoms with van der Waals surface area (Å²) in [6.45, 7) is 8.45. The lowest BCUT2D eigenvalue weighted by Gasteiger charge is -2.56. The minimum Gasteiger partial charge on any atom is -0.456 e. The zero-order valence-corrected chi connectivity index (χ0v) is 35.0. The number of carbonyl (C=O) groups excluding carboxylic acids is 4. The highest BCUT2D eigenvalue weighted by atomic mass is 35.5. The van der Waals surface area contributed by atoms with E-state index in [0.29, 0.717) is 58.0 Å². The highest BCUT2D eigenvalue weighted by Crippen LogP contribution is 2.56. The van der Waals surface area contributed by atoms with Crippen molar-refractivity contribution in [1.82, 2.24) is 20.0 Å². The highest BCUT2D eigenvalue weighted by molar-refractivity contribution is 8.26. The van der Waals surface area contributed by atoms with E-state index in [1.165, 1.54) is 43.9 Å². The molecule has 6 aliphatic rings. The number of piperazine rings is 1. The second-order valence-corrected chi connectivity index (χ2v) is 19.4. The third kappa shape index (κ3) is 9.65. The lowest BCUT2D eigenvalue weighted by molar-refractivity contribution is -0.137. The molecule has 4 amide bonds. The predicted molar refractivity (Wildman–Crippen MR) is 223 cm³/mol. The topological polar surface area (TPSA) is 138 Å². The summed E-state index contributed by atoms with van der Waals surface area (Å²) in [5.74, 6) is 3.23. The first-order valence-corrected chi connectivity index (χ1v) is 21.8. The van der Waals surface area contributed by atoms with Gasteiger partial charge in [-0.2, -0.15) is 0 Å². The second kappa shape index (κ2) is 17.2. The summed E-state index contributed by atoms with van der Waals surface area (Å²) in [5, 5.41) is 3.19. The van der Waals surface area contributed by atoms with Crippen LogP contribution in [0.5, 0.6) is 0 Å². The van der Waals surface area contributed by atoms with Gasteiger partial charge in [0.15, 0.2) is 0 Å². The number of rotatable bonds is 13. The van der Waals surface area contributed by atoms with Crippen molar-refractivity contribution in [3.63, 3.8) is 0 Å². The van der Waals surface area contributed by atoms with E-state index in [1.54, 1.807) is 25.7 Å². The molecule has 56 heavy (non-hydrogen) atoms. The summed E-state index contributed by atoms with van der Waals surface area (Å²) in [6.07, 6.45) is 10.9. The van der Waals surface area contributed by atoms with Gasteiger partial charge >= 0.3 is 6.09 Å². The molecule has 1 aromatic heterocycles. The molecule has 4 saturated carbocycles. The van der Waals surface area contributed by atoms with Crippen LogP contribution in [-0.2, 0) is 25.5 Å². The number of carbonyl (C=O) groups is 4. The van der Waals surface area contributed by atoms with Crippen molar-refractivity contribution >= 4 is 69.8 Å². The lowest BCUT2D eigenvalue weighted by Crippen LogP contribution is -2.57. The minimum absolute atomic E-state index is 0.0253. The molecule has 8 rings (SSSR count). The van der Waals surface area contributed by atoms with Gasteiger partial charge in [-0.1, -0.05) is 42.0 Å². The average Bonchev–Trinajstić information content (AvgIpc) is 3.65. The lowest BCUT2D eigenvalue weighted by atomic mass is 9.54. The number of amides is 4. The van der Waals surface area contributed by atoms with Crippen LogP contribution in [0, 0.1) is 23.7 Å². The van der Waals surface area contributed by atoms with Crippen LogP contribution in [-0.4, -0.2) is 93.2 Å². The first kappa shape index (κ1) is 40.8. The summed E-state index contributed by atoms with van der Waals surface area (Å²) in [5.41, 5.74) is 6.64. The van der Waals surface area contributed by atoms with Crippen molar-refractivity contribution < 1.29 is 28.3 Å². The maximum absolute atomic E-state index is 14.1. The Labute approximate surface area is 344 Å². The molecule has 0 spiro atoms. The zero-order valence-electron chi connectivity index (χ0n) is 32.6. The number of thioether (sulfide) groups is 1. The van der Waals surface area contributed by atoms with Gasteiger partial charge in [0.2, 0.25) is 11.8 Å². The predicted octanol–water partition coefficient (Wildman–Crippen LogP) is 7.25. The van der Waals surface area contributed by atoms with E-state index in [4.69, 9.17) is 38.7 Å². The number of ether oxygens (including phenoxy) is 1. The maximum Gasteiger partial charge on any atom is 0.408 e. The van der Waals surface area contributed by atoms with Gasteiger partial charge in [0.25, 0.3) is 5.91 Å². The Morgan fingerprint density at radius 2 is 1.68 bits per heavy atom. The SMILES string of the molecule is CC(C)(C)OC(=O)N[C@@H](CC(N)=O)C(=O)N1CCN(CCCCCc2cc(-c3ccc(Cl)cc3)oc2/C=C2\SC(=S)N(C3C4CC5CC(C4)CC3C5)C2=O)CC1. The molecule has 302 valence electrons. The van der Waals surface area contributed by atoms with Gasteiger partial charge in [-0.3, -0.25) is 24.2 Å². The third-order valence-electron chi connectivity index (χ3n) is 12.0. The van der Waals surface area contributed by atoms with E-state index < -0.39 is 23.6 Å². The molecule has 1 atom stereocenters. The van der Waals surface area contributed by atoms with E-state index >= 15 is 0 Å². The fraction of sp³-hybridized carbons (Fsp3) is 0.595. The van der Waals surface area contributed by atoms with Crippen molar-refractivity contribution in [2.45, 2.75) is 103 Å². The van der Waals surface area contributed by atoms with E-state index in [1.807, 2.05) is 35.2 Å². The summed E-state index contributed by atoms with van der Waals surface area (Å²) < 4.78 is 12.5. The number of nitrogens with one attached hydrogen (secondary N) is 1. The Hall–Kier alpha value is -3.39. The van der Waals surface area contributed by atoms with E-state index in [2.05, 4.69) is 16.3 Å². The average molecular weight is 825 g/mol. The molecule has 4 bridgehead atoms. The molecular weight excluding hydrogens is 770 g/mol. The van der Waals surface area contributed by atoms with Gasteiger partial charge in [0, 0.05) is 48.9 Å². The molecule has 3 N–H and O–H groups in total. The van der Waals surface area contributed by atoms with Crippen LogP contribution in [0.2, 0.25) is 5.02 Å². The van der Waals surface area contributed by atoms with Crippen LogP contribution in [0.15, 0.2) is 39.7 Å². The van der Waals surface area contributed by atoms with Gasteiger partial charge in [0.05, 0.1) is 11.3 Å². The number of nitrogens with zero attached hydrogens (tertiary/aromatic N) is 3. The van der Waals surface area contributed by atoms with Gasteiger partial charge < -0.3 is 25.1 Å². The van der Waals surface area contributed by atoms with Crippen molar-refractivity contribution in [2.75, 3.05) is 32.7 Å². The van der Waals surface area contributed by atoms with Crippen LogP contribution >= 0.6 is 35.6 Å². The zero-order chi connectivity index (χ0) is 39.7. The fourth-order valence-electron chi connectivity index (χ4n) is 9.78. The number of alkyl carbamates (subject to hydrolysis) is 1. The molecule has 2 saturated heterocycles. The van der Waals surface area contributed by atoms with Crippen molar-refractivity contribution in [2.24, 2.45) is 29.4 Å². The summed E-state index contributed by atoms with van der Waals surface area (Å²) in [4.78, 5) is 58.0. The molecule has 11 nitrogen and oxygen atoms in total. The first-order chi connectivity index (χ1) is 26.7. The van der Waals surface area contributed by atoms with E-state index in [-0.39, 0.29) is 24.3 Å². The first-order valence-electron chi connectivity index (χ1n) is 20.2. The third-order valence-corrected chi connectivity index (χ3v) is 13.6. The molecule has 1 aromatic carbocycles. The molecule has 3 heterocycles. The molecule has 0 unspecified atom stereocenters. The largest absolute Gasteiger partial charge is 0.456 e. The number of benzene rings is 1. The Kier molecular flexibility index (Phi) is 12.5. The van der Waals surface area contributed by atoms with Crippen molar-refractivity contribution in [3.8, 4) is 11.3 Å².